The van der Waals surface area contributed by atoms with Crippen LogP contribution < -0.4 is 0 Å². The zero-order valence-electron chi connectivity index (χ0n) is 23.9. The Morgan fingerprint density at radius 1 is 0.805 bits per heavy atom. The van der Waals surface area contributed by atoms with Crippen molar-refractivity contribution in [3.8, 4) is 22.3 Å². The minimum absolute atomic E-state index is 0.993. The number of aromatic nitrogens is 3. The average molecular weight is 558 g/mol. The highest BCUT2D eigenvalue weighted by atomic mass is 32.2. The monoisotopic (exact) mass is 557 g/mol. The van der Waals surface area contributed by atoms with Crippen molar-refractivity contribution < 1.29 is 0 Å². The quantitative estimate of drug-likeness (QED) is 0.227. The molecule has 0 unspecified atom stereocenters. The number of likely N-dealkylation sites (N-methyl/N-ethyl adjacent to an activating group) is 1. The van der Waals surface area contributed by atoms with Crippen molar-refractivity contribution in [2.45, 2.75) is 25.3 Å². The molecule has 5 nitrogen and oxygen atoms in total. The largest absolute Gasteiger partial charge is 0.361 e. The lowest BCUT2D eigenvalue weighted by molar-refractivity contribution is 0.148. The molecule has 1 fully saturated rings. The van der Waals surface area contributed by atoms with E-state index in [0.717, 1.165) is 49.5 Å². The predicted molar refractivity (Wildman–Crippen MR) is 172 cm³/mol. The molecule has 6 heteroatoms. The van der Waals surface area contributed by atoms with E-state index in [9.17, 15) is 0 Å². The van der Waals surface area contributed by atoms with Crippen LogP contribution in [0.1, 0.15) is 16.8 Å². The molecule has 0 spiro atoms. The van der Waals surface area contributed by atoms with Crippen molar-refractivity contribution in [1.82, 2.24) is 23.7 Å². The normalized spacial score (nSPS) is 14.8. The lowest BCUT2D eigenvalue weighted by Gasteiger charge is -2.32. The van der Waals surface area contributed by atoms with Gasteiger partial charge in [0, 0.05) is 77.7 Å². The zero-order valence-corrected chi connectivity index (χ0v) is 24.7. The molecular weight excluding hydrogens is 522 g/mol. The first-order chi connectivity index (χ1) is 20.0. The smallest absolute Gasteiger partial charge is 0.151 e. The summed E-state index contributed by atoms with van der Waals surface area (Å²) < 4.78 is 2.29. The first kappa shape index (κ1) is 26.1. The summed E-state index contributed by atoms with van der Waals surface area (Å²) in [6, 6.07) is 28.9. The van der Waals surface area contributed by atoms with E-state index >= 15 is 0 Å². The van der Waals surface area contributed by atoms with Crippen LogP contribution in [0.2, 0.25) is 0 Å². The SMILES string of the molecule is Cc1ccc(Sn2c(C)c(-c3ccc4[nH]ccc4c3)c3cc(-c4ccc(CN5CCN(C)CC5)cc4)cnc32)cc1. The molecule has 41 heavy (non-hydrogen) atoms. The Kier molecular flexibility index (Phi) is 6.91. The second-order valence-corrected chi connectivity index (χ2v) is 12.3. The molecule has 6 aromatic rings. The summed E-state index contributed by atoms with van der Waals surface area (Å²) in [7, 11) is 2.21. The molecular formula is C35H35N5S. The fourth-order valence-corrected chi connectivity index (χ4v) is 6.80. The number of pyridine rings is 1. The number of hydrogen-bond donors (Lipinski definition) is 1. The summed E-state index contributed by atoms with van der Waals surface area (Å²) in [6.45, 7) is 9.90. The third-order valence-corrected chi connectivity index (χ3v) is 9.46. The Hall–Kier alpha value is -3.84. The molecule has 4 heterocycles. The highest BCUT2D eigenvalue weighted by Gasteiger charge is 2.20. The van der Waals surface area contributed by atoms with Gasteiger partial charge < -0.3 is 9.88 Å². The first-order valence-electron chi connectivity index (χ1n) is 14.4. The Morgan fingerprint density at radius 3 is 2.34 bits per heavy atom. The number of hydrogen-bond acceptors (Lipinski definition) is 4. The van der Waals surface area contributed by atoms with Crippen molar-refractivity contribution in [3.63, 3.8) is 0 Å². The second kappa shape index (κ2) is 10.9. The molecule has 0 amide bonds. The van der Waals surface area contributed by atoms with E-state index in [0.29, 0.717) is 0 Å². The predicted octanol–water partition coefficient (Wildman–Crippen LogP) is 7.77. The van der Waals surface area contributed by atoms with Gasteiger partial charge in [-0.1, -0.05) is 48.0 Å². The van der Waals surface area contributed by atoms with E-state index in [1.165, 1.54) is 49.2 Å². The molecule has 0 radical (unpaired) electrons. The number of aromatic amines is 1. The van der Waals surface area contributed by atoms with Gasteiger partial charge in [-0.25, -0.2) is 4.98 Å². The number of rotatable bonds is 6. The Bertz CT molecular complexity index is 1820. The highest BCUT2D eigenvalue weighted by molar-refractivity contribution is 7.98. The van der Waals surface area contributed by atoms with Gasteiger partial charge in [0.2, 0.25) is 0 Å². The molecule has 0 bridgehead atoms. The van der Waals surface area contributed by atoms with E-state index in [-0.39, 0.29) is 0 Å². The number of fused-ring (bicyclic) bond motifs is 2. The van der Waals surface area contributed by atoms with Gasteiger partial charge in [-0.3, -0.25) is 8.87 Å². The van der Waals surface area contributed by atoms with E-state index in [2.05, 4.69) is 119 Å². The summed E-state index contributed by atoms with van der Waals surface area (Å²) >= 11 is 1.73. The summed E-state index contributed by atoms with van der Waals surface area (Å²) in [5, 5.41) is 2.39. The van der Waals surface area contributed by atoms with Crippen LogP contribution in [0.25, 0.3) is 44.2 Å². The number of H-pyrrole nitrogens is 1. The summed E-state index contributed by atoms with van der Waals surface area (Å²) in [5.41, 5.74) is 10.8. The Balaban J connectivity index is 1.28. The summed E-state index contributed by atoms with van der Waals surface area (Å²) in [5.74, 6) is 0. The molecule has 1 aliphatic heterocycles. The molecule has 0 aliphatic carbocycles. The van der Waals surface area contributed by atoms with E-state index in [1.807, 2.05) is 12.4 Å². The van der Waals surface area contributed by atoms with E-state index in [1.54, 1.807) is 11.9 Å². The standard InChI is InChI=1S/C35H35N5S/c1-24-4-11-31(12-5-24)41-40-25(2)34(29-10-13-33-28(20-29)14-15-36-33)32-21-30(22-37-35(32)40)27-8-6-26(7-9-27)23-39-18-16-38(3)17-19-39/h4-15,20-22,36H,16-19,23H2,1-3H3. The van der Waals surface area contributed by atoms with Crippen molar-refractivity contribution in [3.05, 3.63) is 108 Å². The third-order valence-electron chi connectivity index (χ3n) is 8.34. The maximum Gasteiger partial charge on any atom is 0.151 e. The van der Waals surface area contributed by atoms with Gasteiger partial charge in [-0.15, -0.1) is 0 Å². The molecule has 0 saturated carbocycles. The van der Waals surface area contributed by atoms with Crippen molar-refractivity contribution in [2.75, 3.05) is 33.2 Å². The van der Waals surface area contributed by atoms with Gasteiger partial charge in [0.15, 0.2) is 5.65 Å². The van der Waals surface area contributed by atoms with E-state index < -0.39 is 0 Å². The molecule has 7 rings (SSSR count). The topological polar surface area (TPSA) is 40.1 Å². The molecule has 3 aromatic heterocycles. The minimum Gasteiger partial charge on any atom is -0.361 e. The first-order valence-corrected chi connectivity index (χ1v) is 15.1. The third kappa shape index (κ3) is 5.19. The van der Waals surface area contributed by atoms with Crippen molar-refractivity contribution in [1.29, 1.82) is 0 Å². The number of aryl methyl sites for hydroxylation is 1. The van der Waals surface area contributed by atoms with Gasteiger partial charge in [-0.05, 0) is 91.3 Å². The van der Waals surface area contributed by atoms with Gasteiger partial charge in [-0.2, -0.15) is 0 Å². The lowest BCUT2D eigenvalue weighted by Crippen LogP contribution is -2.43. The second-order valence-electron chi connectivity index (χ2n) is 11.3. The van der Waals surface area contributed by atoms with Crippen molar-refractivity contribution in [2.24, 2.45) is 0 Å². The van der Waals surface area contributed by atoms with Crippen LogP contribution in [-0.4, -0.2) is 57.0 Å². The molecule has 1 aliphatic rings. The van der Waals surface area contributed by atoms with Gasteiger partial charge in [0.1, 0.15) is 0 Å². The average Bonchev–Trinajstić information content (AvgIpc) is 3.57. The van der Waals surface area contributed by atoms with Crippen LogP contribution in [0.5, 0.6) is 0 Å². The Labute approximate surface area is 246 Å². The molecule has 1 saturated heterocycles. The highest BCUT2D eigenvalue weighted by Crippen LogP contribution is 2.40. The summed E-state index contributed by atoms with van der Waals surface area (Å²) in [4.78, 5) is 14.6. The molecule has 0 atom stereocenters. The molecule has 1 N–H and O–H groups in total. The molecule has 206 valence electrons. The fourth-order valence-electron chi connectivity index (χ4n) is 5.87. The van der Waals surface area contributed by atoms with Crippen LogP contribution in [0.3, 0.4) is 0 Å². The van der Waals surface area contributed by atoms with Gasteiger partial charge in [0.05, 0.1) is 0 Å². The van der Waals surface area contributed by atoms with Crippen LogP contribution in [0, 0.1) is 13.8 Å². The van der Waals surface area contributed by atoms with Gasteiger partial charge in [0.25, 0.3) is 0 Å². The number of piperazine rings is 1. The Morgan fingerprint density at radius 2 is 1.56 bits per heavy atom. The maximum absolute atomic E-state index is 5.08. The van der Waals surface area contributed by atoms with Crippen LogP contribution in [-0.2, 0) is 6.54 Å². The lowest BCUT2D eigenvalue weighted by atomic mass is 9.99. The van der Waals surface area contributed by atoms with Crippen LogP contribution >= 0.6 is 11.9 Å². The van der Waals surface area contributed by atoms with Crippen LogP contribution in [0.15, 0.2) is 96.2 Å². The molecule has 3 aromatic carbocycles. The zero-order chi connectivity index (χ0) is 27.9. The fraction of sp³-hybridized carbons (Fsp3) is 0.229. The van der Waals surface area contributed by atoms with E-state index in [4.69, 9.17) is 4.98 Å². The van der Waals surface area contributed by atoms with Gasteiger partial charge >= 0.3 is 0 Å². The maximum atomic E-state index is 5.08. The minimum atomic E-state index is 0.993. The van der Waals surface area contributed by atoms with Crippen LogP contribution in [0.4, 0.5) is 0 Å². The number of nitrogens with zero attached hydrogens (tertiary/aromatic N) is 4. The van der Waals surface area contributed by atoms with Crippen molar-refractivity contribution >= 4 is 33.9 Å². The summed E-state index contributed by atoms with van der Waals surface area (Å²) in [6.07, 6.45) is 4.04. The number of nitrogens with one attached hydrogen (secondary N) is 1. The number of benzene rings is 3.